The van der Waals surface area contributed by atoms with E-state index in [0.29, 0.717) is 0 Å². The van der Waals surface area contributed by atoms with E-state index in [1.807, 2.05) is 0 Å². The summed E-state index contributed by atoms with van der Waals surface area (Å²) in [4.78, 5) is 0. The van der Waals surface area contributed by atoms with Gasteiger partial charge in [0.15, 0.2) is 6.29 Å². The van der Waals surface area contributed by atoms with E-state index in [9.17, 15) is 4.21 Å². The van der Waals surface area contributed by atoms with E-state index in [1.54, 1.807) is 0 Å². The molecule has 9 heavy (non-hydrogen) atoms. The maximum absolute atomic E-state index is 10.2. The molecule has 4 nitrogen and oxygen atoms in total. The highest BCUT2D eigenvalue weighted by molar-refractivity contribution is 8.29. The molecule has 0 aromatic rings. The minimum absolute atomic E-state index is 0.154. The van der Waals surface area contributed by atoms with Gasteiger partial charge in [0.05, 0.1) is 5.75 Å². The minimum atomic E-state index is -3.21. The van der Waals surface area contributed by atoms with Crippen LogP contribution < -0.4 is 0 Å². The number of hydrogen-bond acceptors (Lipinski definition) is 4. The smallest absolute Gasteiger partial charge is 0.152 e. The van der Waals surface area contributed by atoms with E-state index >= 15 is 0 Å². The molecule has 0 spiro atoms. The Hall–Kier alpha value is 0.250. The molecular weight excluding hydrogens is 164 g/mol. The van der Waals surface area contributed by atoms with Crippen molar-refractivity contribution in [3.63, 3.8) is 0 Å². The summed E-state index contributed by atoms with van der Waals surface area (Å²) in [5.74, 6) is -0.250. The summed E-state index contributed by atoms with van der Waals surface area (Å²) in [6.07, 6.45) is -1.69. The summed E-state index contributed by atoms with van der Waals surface area (Å²) >= 11 is 4.06. The van der Waals surface area contributed by atoms with Crippen LogP contribution in [0.1, 0.15) is 6.42 Å². The maximum Gasteiger partial charge on any atom is 0.152 e. The molecule has 0 saturated carbocycles. The zero-order valence-electron chi connectivity index (χ0n) is 4.56. The molecule has 0 aliphatic rings. The van der Waals surface area contributed by atoms with E-state index in [-0.39, 0.29) is 12.2 Å². The van der Waals surface area contributed by atoms with Crippen molar-refractivity contribution >= 4 is 20.0 Å². The van der Waals surface area contributed by atoms with Crippen LogP contribution in [0.3, 0.4) is 0 Å². The van der Waals surface area contributed by atoms with Gasteiger partial charge in [-0.15, -0.1) is 0 Å². The molecule has 0 aromatic carbocycles. The van der Waals surface area contributed by atoms with Crippen LogP contribution in [0.25, 0.3) is 0 Å². The zero-order chi connectivity index (χ0) is 7.49. The lowest BCUT2D eigenvalue weighted by Gasteiger charge is -2.00. The van der Waals surface area contributed by atoms with Crippen molar-refractivity contribution in [1.82, 2.24) is 0 Å². The Labute approximate surface area is 58.0 Å². The molecule has 6 heteroatoms. The molecule has 0 aromatic heterocycles. The Morgan fingerprint density at radius 2 is 2.00 bits per heavy atom. The van der Waals surface area contributed by atoms with E-state index in [1.165, 1.54) is 0 Å². The van der Waals surface area contributed by atoms with Crippen LogP contribution in [0, 0.1) is 0 Å². The predicted octanol–water partition coefficient (Wildman–Crippen LogP) is -1.09. The lowest BCUT2D eigenvalue weighted by Crippen LogP contribution is -2.12. The Bertz CT molecular complexity index is 159. The van der Waals surface area contributed by atoms with Crippen molar-refractivity contribution in [2.24, 2.45) is 0 Å². The van der Waals surface area contributed by atoms with Crippen LogP contribution in [-0.4, -0.2) is 31.0 Å². The predicted molar refractivity (Wildman–Crippen MR) is 35.8 cm³/mol. The molecule has 0 fully saturated rings. The van der Waals surface area contributed by atoms with Gasteiger partial charge in [-0.05, 0) is 0 Å². The monoisotopic (exact) mass is 172 g/mol. The van der Waals surface area contributed by atoms with Gasteiger partial charge >= 0.3 is 0 Å². The summed E-state index contributed by atoms with van der Waals surface area (Å²) in [6, 6.07) is 0. The van der Waals surface area contributed by atoms with Gasteiger partial charge < -0.3 is 14.8 Å². The lowest BCUT2D eigenvalue weighted by molar-refractivity contribution is -0.0408. The van der Waals surface area contributed by atoms with Gasteiger partial charge in [0.1, 0.15) is 8.77 Å². The Balaban J connectivity index is 3.53. The average molecular weight is 172 g/mol. The highest BCUT2D eigenvalue weighted by Gasteiger charge is 2.03. The SMILES string of the molecule is O=S(O)(=S)CCC(O)O. The Morgan fingerprint density at radius 3 is 2.11 bits per heavy atom. The standard InChI is InChI=1S/C3H8O4S2/c4-3(5)1-2-9(6,7)8/h3-5H,1-2H2,(H,6,7,8). The Morgan fingerprint density at radius 1 is 1.56 bits per heavy atom. The van der Waals surface area contributed by atoms with Gasteiger partial charge in [-0.3, -0.25) is 0 Å². The highest BCUT2D eigenvalue weighted by atomic mass is 32.8. The molecule has 0 heterocycles. The Kier molecular flexibility index (Phi) is 3.52. The molecule has 0 radical (unpaired) electrons. The largest absolute Gasteiger partial charge is 0.368 e. The second-order valence-corrected chi connectivity index (χ2v) is 4.69. The molecule has 0 bridgehead atoms. The van der Waals surface area contributed by atoms with Gasteiger partial charge in [-0.1, -0.05) is 0 Å². The van der Waals surface area contributed by atoms with Crippen molar-refractivity contribution in [1.29, 1.82) is 0 Å². The number of aliphatic hydroxyl groups is 2. The van der Waals surface area contributed by atoms with Crippen LogP contribution in [0.2, 0.25) is 0 Å². The summed E-state index contributed by atoms with van der Waals surface area (Å²) in [5, 5.41) is 16.4. The molecule has 0 rings (SSSR count). The number of aliphatic hydroxyl groups excluding tert-OH is 1. The van der Waals surface area contributed by atoms with E-state index < -0.39 is 15.1 Å². The number of hydrogen-bond donors (Lipinski definition) is 3. The van der Waals surface area contributed by atoms with Crippen LogP contribution in [0.4, 0.5) is 0 Å². The fraction of sp³-hybridized carbons (Fsp3) is 1.00. The van der Waals surface area contributed by atoms with Gasteiger partial charge in [-0.2, -0.15) is 0 Å². The first-order valence-electron chi connectivity index (χ1n) is 2.23. The van der Waals surface area contributed by atoms with Crippen LogP contribution in [0.15, 0.2) is 0 Å². The first-order valence-corrected chi connectivity index (χ1v) is 4.84. The molecule has 3 N–H and O–H groups in total. The summed E-state index contributed by atoms with van der Waals surface area (Å²) in [5.41, 5.74) is 0. The quantitative estimate of drug-likeness (QED) is 0.471. The van der Waals surface area contributed by atoms with Crippen LogP contribution in [0.5, 0.6) is 0 Å². The van der Waals surface area contributed by atoms with Gasteiger partial charge in [0, 0.05) is 17.6 Å². The maximum atomic E-state index is 10.2. The van der Waals surface area contributed by atoms with E-state index in [2.05, 4.69) is 11.2 Å². The summed E-state index contributed by atoms with van der Waals surface area (Å²) in [7, 11) is -3.21. The zero-order valence-corrected chi connectivity index (χ0v) is 6.19. The normalized spacial score (nSPS) is 17.8. The average Bonchev–Trinajstić information content (AvgIpc) is 1.59. The molecule has 56 valence electrons. The topological polar surface area (TPSA) is 77.8 Å². The molecule has 0 saturated heterocycles. The molecule has 0 aliphatic carbocycles. The van der Waals surface area contributed by atoms with E-state index in [0.717, 1.165) is 0 Å². The van der Waals surface area contributed by atoms with Crippen LogP contribution >= 0.6 is 0 Å². The van der Waals surface area contributed by atoms with Gasteiger partial charge in [-0.25, -0.2) is 4.21 Å². The van der Waals surface area contributed by atoms with Crippen molar-refractivity contribution in [3.05, 3.63) is 0 Å². The second-order valence-electron chi connectivity index (χ2n) is 1.56. The van der Waals surface area contributed by atoms with Crippen molar-refractivity contribution in [2.45, 2.75) is 12.7 Å². The highest BCUT2D eigenvalue weighted by Crippen LogP contribution is 1.91. The molecule has 1 unspecified atom stereocenters. The first kappa shape index (κ1) is 9.25. The van der Waals surface area contributed by atoms with Gasteiger partial charge in [0.25, 0.3) is 0 Å². The minimum Gasteiger partial charge on any atom is -0.368 e. The fourth-order valence-corrected chi connectivity index (χ4v) is 1.05. The second kappa shape index (κ2) is 3.43. The molecular formula is C3H8O4S2. The lowest BCUT2D eigenvalue weighted by atomic mass is 10.5. The first-order chi connectivity index (χ1) is 3.92. The van der Waals surface area contributed by atoms with E-state index in [4.69, 9.17) is 14.8 Å². The van der Waals surface area contributed by atoms with Gasteiger partial charge in [0.2, 0.25) is 0 Å². The van der Waals surface area contributed by atoms with Crippen molar-refractivity contribution in [3.8, 4) is 0 Å². The third-order valence-electron chi connectivity index (χ3n) is 0.634. The number of rotatable bonds is 3. The third-order valence-corrected chi connectivity index (χ3v) is 1.89. The molecule has 0 aliphatic heterocycles. The molecule has 0 amide bonds. The summed E-state index contributed by atoms with van der Waals surface area (Å²) < 4.78 is 18.6. The molecule has 1 atom stereocenters. The summed E-state index contributed by atoms with van der Waals surface area (Å²) in [6.45, 7) is 0. The third kappa shape index (κ3) is 8.25. The van der Waals surface area contributed by atoms with Crippen molar-refractivity contribution in [2.75, 3.05) is 5.75 Å². The fourth-order valence-electron chi connectivity index (χ4n) is 0.254. The van der Waals surface area contributed by atoms with Crippen molar-refractivity contribution < 1.29 is 19.0 Å². The van der Waals surface area contributed by atoms with Crippen LogP contribution in [-0.2, 0) is 20.0 Å².